The minimum Gasteiger partial charge on any atom is -0.478 e. The number of hydrogen-bond acceptors (Lipinski definition) is 3. The normalized spacial score (nSPS) is 10.2. The van der Waals surface area contributed by atoms with Crippen LogP contribution in [0.5, 0.6) is 11.5 Å². The number of hydrogen-bond donors (Lipinski definition) is 1. The number of carboxylic acid groups (broad SMARTS) is 1. The molecule has 2 rings (SSSR count). The molecule has 0 aliphatic rings. The van der Waals surface area contributed by atoms with Crippen LogP contribution in [-0.4, -0.2) is 16.1 Å². The van der Waals surface area contributed by atoms with Crippen LogP contribution >= 0.6 is 0 Å². The first-order valence-electron chi connectivity index (χ1n) is 6.65. The molecule has 104 valence electrons. The van der Waals surface area contributed by atoms with E-state index >= 15 is 0 Å². The highest BCUT2D eigenvalue weighted by molar-refractivity contribution is 5.90. The lowest BCUT2D eigenvalue weighted by atomic mass is 10.1. The fraction of sp³-hybridized carbons (Fsp3) is 0.250. The molecular weight excluding hydrogens is 254 g/mol. The molecular formula is C16H17NO3. The summed E-state index contributed by atoms with van der Waals surface area (Å²) in [7, 11) is 0. The molecule has 1 aromatic heterocycles. The highest BCUT2D eigenvalue weighted by atomic mass is 16.5. The average molecular weight is 271 g/mol. The van der Waals surface area contributed by atoms with Gasteiger partial charge in [0.05, 0.1) is 6.20 Å². The molecule has 1 aromatic carbocycles. The number of aryl methyl sites for hydroxylation is 1. The topological polar surface area (TPSA) is 59.4 Å². The number of carboxylic acids is 1. The third-order valence-electron chi connectivity index (χ3n) is 2.99. The van der Waals surface area contributed by atoms with Crippen LogP contribution in [0.4, 0.5) is 0 Å². The van der Waals surface area contributed by atoms with Crippen LogP contribution < -0.4 is 4.74 Å². The summed E-state index contributed by atoms with van der Waals surface area (Å²) in [6.07, 6.45) is 6.21. The van der Waals surface area contributed by atoms with Gasteiger partial charge in [-0.15, -0.1) is 0 Å². The van der Waals surface area contributed by atoms with E-state index in [-0.39, 0.29) is 11.3 Å². The van der Waals surface area contributed by atoms with Crippen LogP contribution in [0, 0.1) is 0 Å². The van der Waals surface area contributed by atoms with Gasteiger partial charge in [0.1, 0.15) is 11.3 Å². The molecule has 0 saturated carbocycles. The van der Waals surface area contributed by atoms with E-state index in [4.69, 9.17) is 9.84 Å². The number of rotatable bonds is 6. The standard InChI is InChI=1S/C16H17NO3/c1-2-3-4-12-5-7-13(8-6-12)20-15-11-17-10-9-14(15)16(18)19/h5-11H,2-4H2,1H3,(H,18,19). The number of benzene rings is 1. The summed E-state index contributed by atoms with van der Waals surface area (Å²) in [6.45, 7) is 2.16. The number of ether oxygens (including phenoxy) is 1. The van der Waals surface area contributed by atoms with E-state index in [1.165, 1.54) is 24.0 Å². The second kappa shape index (κ2) is 6.70. The van der Waals surface area contributed by atoms with E-state index in [0.29, 0.717) is 5.75 Å². The van der Waals surface area contributed by atoms with Crippen molar-refractivity contribution in [1.82, 2.24) is 4.98 Å². The minimum atomic E-state index is -1.03. The van der Waals surface area contributed by atoms with E-state index in [2.05, 4.69) is 11.9 Å². The molecule has 4 nitrogen and oxygen atoms in total. The van der Waals surface area contributed by atoms with Crippen LogP contribution in [0.25, 0.3) is 0 Å². The van der Waals surface area contributed by atoms with Gasteiger partial charge in [-0.3, -0.25) is 4.98 Å². The predicted octanol–water partition coefficient (Wildman–Crippen LogP) is 3.91. The van der Waals surface area contributed by atoms with Gasteiger partial charge in [-0.25, -0.2) is 4.79 Å². The molecule has 0 radical (unpaired) electrons. The van der Waals surface area contributed by atoms with Crippen LogP contribution in [0.3, 0.4) is 0 Å². The summed E-state index contributed by atoms with van der Waals surface area (Å²) in [5.41, 5.74) is 1.36. The van der Waals surface area contributed by atoms with Crippen molar-refractivity contribution in [2.75, 3.05) is 0 Å². The Bertz CT molecular complexity index is 579. The first-order chi connectivity index (χ1) is 9.70. The van der Waals surface area contributed by atoms with Crippen molar-refractivity contribution in [2.45, 2.75) is 26.2 Å². The van der Waals surface area contributed by atoms with Gasteiger partial charge in [0.15, 0.2) is 5.75 Å². The highest BCUT2D eigenvalue weighted by Crippen LogP contribution is 2.24. The molecule has 0 amide bonds. The molecule has 0 fully saturated rings. The Morgan fingerprint density at radius 2 is 2.00 bits per heavy atom. The number of aromatic carboxylic acids is 1. The molecule has 0 spiro atoms. The Morgan fingerprint density at radius 3 is 2.65 bits per heavy atom. The molecule has 0 bridgehead atoms. The smallest absolute Gasteiger partial charge is 0.339 e. The monoisotopic (exact) mass is 271 g/mol. The zero-order valence-corrected chi connectivity index (χ0v) is 11.4. The van der Waals surface area contributed by atoms with Crippen LogP contribution in [0.15, 0.2) is 42.7 Å². The maximum Gasteiger partial charge on any atom is 0.339 e. The number of aromatic nitrogens is 1. The molecule has 0 saturated heterocycles. The lowest BCUT2D eigenvalue weighted by Gasteiger charge is -2.08. The Kier molecular flexibility index (Phi) is 4.71. The van der Waals surface area contributed by atoms with E-state index in [1.807, 2.05) is 24.3 Å². The van der Waals surface area contributed by atoms with Crippen molar-refractivity contribution >= 4 is 5.97 Å². The predicted molar refractivity (Wildman–Crippen MR) is 76.3 cm³/mol. The average Bonchev–Trinajstić information content (AvgIpc) is 2.47. The molecule has 1 N–H and O–H groups in total. The fourth-order valence-corrected chi connectivity index (χ4v) is 1.87. The van der Waals surface area contributed by atoms with Crippen molar-refractivity contribution in [3.8, 4) is 11.5 Å². The molecule has 0 aliphatic heterocycles. The van der Waals surface area contributed by atoms with E-state index < -0.39 is 5.97 Å². The lowest BCUT2D eigenvalue weighted by molar-refractivity contribution is 0.0694. The Balaban J connectivity index is 2.12. The lowest BCUT2D eigenvalue weighted by Crippen LogP contribution is -2.00. The third-order valence-corrected chi connectivity index (χ3v) is 2.99. The maximum atomic E-state index is 11.1. The molecule has 0 unspecified atom stereocenters. The van der Waals surface area contributed by atoms with Crippen molar-refractivity contribution in [3.05, 3.63) is 53.9 Å². The van der Waals surface area contributed by atoms with Crippen LogP contribution in [0.1, 0.15) is 35.7 Å². The molecule has 2 aromatic rings. The Morgan fingerprint density at radius 1 is 1.25 bits per heavy atom. The first-order valence-corrected chi connectivity index (χ1v) is 6.65. The third kappa shape index (κ3) is 3.57. The Hall–Kier alpha value is -2.36. The molecule has 20 heavy (non-hydrogen) atoms. The zero-order chi connectivity index (χ0) is 14.4. The van der Waals surface area contributed by atoms with Crippen molar-refractivity contribution in [2.24, 2.45) is 0 Å². The van der Waals surface area contributed by atoms with Gasteiger partial charge in [0.25, 0.3) is 0 Å². The van der Waals surface area contributed by atoms with E-state index in [1.54, 1.807) is 0 Å². The van der Waals surface area contributed by atoms with Crippen molar-refractivity contribution in [1.29, 1.82) is 0 Å². The number of carbonyl (C=O) groups is 1. The van der Waals surface area contributed by atoms with E-state index in [0.717, 1.165) is 19.3 Å². The Labute approximate surface area is 118 Å². The van der Waals surface area contributed by atoms with Crippen molar-refractivity contribution in [3.63, 3.8) is 0 Å². The highest BCUT2D eigenvalue weighted by Gasteiger charge is 2.11. The first kappa shape index (κ1) is 14.1. The van der Waals surface area contributed by atoms with Gasteiger partial charge in [-0.1, -0.05) is 25.5 Å². The summed E-state index contributed by atoms with van der Waals surface area (Å²) in [4.78, 5) is 15.0. The van der Waals surface area contributed by atoms with Crippen LogP contribution in [-0.2, 0) is 6.42 Å². The second-order valence-electron chi connectivity index (χ2n) is 4.53. The molecule has 0 aliphatic carbocycles. The second-order valence-corrected chi connectivity index (χ2v) is 4.53. The van der Waals surface area contributed by atoms with Crippen molar-refractivity contribution < 1.29 is 14.6 Å². The molecule has 4 heteroatoms. The van der Waals surface area contributed by atoms with Gasteiger partial charge < -0.3 is 9.84 Å². The van der Waals surface area contributed by atoms with Gasteiger partial charge >= 0.3 is 5.97 Å². The van der Waals surface area contributed by atoms with Gasteiger partial charge in [0, 0.05) is 6.20 Å². The largest absolute Gasteiger partial charge is 0.478 e. The van der Waals surface area contributed by atoms with Gasteiger partial charge in [-0.05, 0) is 36.6 Å². The SMILES string of the molecule is CCCCc1ccc(Oc2cnccc2C(=O)O)cc1. The summed E-state index contributed by atoms with van der Waals surface area (Å²) in [5, 5.41) is 9.08. The quantitative estimate of drug-likeness (QED) is 0.865. The summed E-state index contributed by atoms with van der Waals surface area (Å²) in [6, 6.07) is 9.13. The number of unbranched alkanes of at least 4 members (excludes halogenated alkanes) is 1. The summed E-state index contributed by atoms with van der Waals surface area (Å²) in [5.74, 6) is -0.163. The minimum absolute atomic E-state index is 0.107. The van der Waals surface area contributed by atoms with Gasteiger partial charge in [-0.2, -0.15) is 0 Å². The molecule has 0 atom stereocenters. The molecule has 1 heterocycles. The summed E-state index contributed by atoms with van der Waals surface area (Å²) >= 11 is 0. The maximum absolute atomic E-state index is 11.1. The van der Waals surface area contributed by atoms with Crippen LogP contribution in [0.2, 0.25) is 0 Å². The van der Waals surface area contributed by atoms with E-state index in [9.17, 15) is 4.79 Å². The van der Waals surface area contributed by atoms with Gasteiger partial charge in [0.2, 0.25) is 0 Å². The zero-order valence-electron chi connectivity index (χ0n) is 11.4. The number of pyridine rings is 1. The summed E-state index contributed by atoms with van der Waals surface area (Å²) < 4.78 is 5.59. The fourth-order valence-electron chi connectivity index (χ4n) is 1.87. The number of nitrogens with zero attached hydrogens (tertiary/aromatic N) is 1.